The number of nitrogens with zero attached hydrogens (tertiary/aromatic N) is 3. The van der Waals surface area contributed by atoms with E-state index in [4.69, 9.17) is 20.7 Å². The van der Waals surface area contributed by atoms with Crippen LogP contribution in [0.4, 0.5) is 0 Å². The zero-order chi connectivity index (χ0) is 33.4. The van der Waals surface area contributed by atoms with Gasteiger partial charge in [-0.1, -0.05) is 103 Å². The Morgan fingerprint density at radius 2 is 1.11 bits per heavy atom. The lowest BCUT2D eigenvalue weighted by atomic mass is 10.0. The lowest BCUT2D eigenvalue weighted by Crippen LogP contribution is -2.00. The predicted molar refractivity (Wildman–Crippen MR) is 176 cm³/mol. The molecule has 9 rings (SSSR count). The molecular formula is C39H23N3O2. The summed E-state index contributed by atoms with van der Waals surface area (Å²) < 4.78 is 54.2. The second-order valence-electron chi connectivity index (χ2n) is 10.5. The van der Waals surface area contributed by atoms with Crippen LogP contribution in [-0.2, 0) is 0 Å². The first-order valence-corrected chi connectivity index (χ1v) is 14.1. The van der Waals surface area contributed by atoms with E-state index in [0.29, 0.717) is 33.9 Å². The lowest BCUT2D eigenvalue weighted by molar-refractivity contribution is 0.668. The molecule has 0 spiro atoms. The molecule has 3 heterocycles. The van der Waals surface area contributed by atoms with Crippen molar-refractivity contribution in [2.45, 2.75) is 0 Å². The van der Waals surface area contributed by atoms with Crippen molar-refractivity contribution >= 4 is 43.9 Å². The summed E-state index contributed by atoms with van der Waals surface area (Å²) in [6.45, 7) is 0. The molecule has 3 aromatic heterocycles. The van der Waals surface area contributed by atoms with Gasteiger partial charge in [0.15, 0.2) is 17.5 Å². The third-order valence-electron chi connectivity index (χ3n) is 7.84. The predicted octanol–water partition coefficient (Wildman–Crippen LogP) is 10.3. The first-order chi connectivity index (χ1) is 23.9. The van der Waals surface area contributed by atoms with E-state index in [9.17, 15) is 0 Å². The highest BCUT2D eigenvalue weighted by molar-refractivity contribution is 6.11. The molecule has 0 aliphatic heterocycles. The van der Waals surface area contributed by atoms with E-state index in [-0.39, 0.29) is 23.5 Å². The SMILES string of the molecule is [2H]c1c([2H])c([2H])c(-c2nc(-c3ccccc3)nc(-c3ccc4oc5cc(-c6cccc7c6oc6ccccc67)ccc5c4c3)n2)c([2H])c1[2H]. The Morgan fingerprint density at radius 1 is 0.432 bits per heavy atom. The third-order valence-corrected chi connectivity index (χ3v) is 7.84. The van der Waals surface area contributed by atoms with Gasteiger partial charge in [-0.3, -0.25) is 0 Å². The Kier molecular flexibility index (Phi) is 4.42. The smallest absolute Gasteiger partial charge is 0.164 e. The normalized spacial score (nSPS) is 13.2. The first kappa shape index (κ1) is 19.9. The van der Waals surface area contributed by atoms with Gasteiger partial charge in [0, 0.05) is 43.8 Å². The highest BCUT2D eigenvalue weighted by Gasteiger charge is 2.16. The van der Waals surface area contributed by atoms with Gasteiger partial charge in [0.05, 0.1) is 6.85 Å². The minimum Gasteiger partial charge on any atom is -0.456 e. The molecule has 9 aromatic rings. The van der Waals surface area contributed by atoms with E-state index in [1.165, 1.54) is 0 Å². The van der Waals surface area contributed by atoms with Crippen LogP contribution in [0.2, 0.25) is 0 Å². The summed E-state index contributed by atoms with van der Waals surface area (Å²) in [5.74, 6) is 0.594. The van der Waals surface area contributed by atoms with Crippen molar-refractivity contribution in [1.29, 1.82) is 0 Å². The van der Waals surface area contributed by atoms with Crippen molar-refractivity contribution in [3.05, 3.63) is 139 Å². The van der Waals surface area contributed by atoms with Gasteiger partial charge in [-0.25, -0.2) is 15.0 Å². The van der Waals surface area contributed by atoms with Crippen LogP contribution in [0.5, 0.6) is 0 Å². The lowest BCUT2D eigenvalue weighted by Gasteiger charge is -2.08. The van der Waals surface area contributed by atoms with Gasteiger partial charge in [-0.2, -0.15) is 0 Å². The number of para-hydroxylation sites is 2. The summed E-state index contributed by atoms with van der Waals surface area (Å²) in [6, 6.07) is 33.0. The van der Waals surface area contributed by atoms with Crippen LogP contribution in [0.25, 0.3) is 89.2 Å². The maximum Gasteiger partial charge on any atom is 0.164 e. The second-order valence-corrected chi connectivity index (χ2v) is 10.5. The molecular weight excluding hydrogens is 542 g/mol. The maximum absolute atomic E-state index is 8.56. The van der Waals surface area contributed by atoms with Gasteiger partial charge < -0.3 is 8.83 Å². The average molecular weight is 571 g/mol. The van der Waals surface area contributed by atoms with E-state index in [0.717, 1.165) is 43.8 Å². The molecule has 5 heteroatoms. The molecule has 206 valence electrons. The molecule has 0 aliphatic carbocycles. The Hall–Kier alpha value is -6.07. The van der Waals surface area contributed by atoms with Gasteiger partial charge in [0.1, 0.15) is 22.3 Å². The molecule has 0 saturated heterocycles. The molecule has 0 radical (unpaired) electrons. The van der Waals surface area contributed by atoms with Crippen molar-refractivity contribution in [3.8, 4) is 45.3 Å². The zero-order valence-electron chi connectivity index (χ0n) is 28.1. The van der Waals surface area contributed by atoms with E-state index >= 15 is 0 Å². The highest BCUT2D eigenvalue weighted by atomic mass is 16.3. The average Bonchev–Trinajstić information content (AvgIpc) is 3.71. The van der Waals surface area contributed by atoms with Gasteiger partial charge >= 0.3 is 0 Å². The van der Waals surface area contributed by atoms with Crippen molar-refractivity contribution in [2.75, 3.05) is 0 Å². The number of aromatic nitrogens is 3. The molecule has 0 N–H and O–H groups in total. The van der Waals surface area contributed by atoms with Crippen molar-refractivity contribution < 1.29 is 15.7 Å². The molecule has 5 nitrogen and oxygen atoms in total. The number of hydrogen-bond acceptors (Lipinski definition) is 5. The molecule has 0 atom stereocenters. The Labute approximate surface area is 259 Å². The molecule has 0 bridgehead atoms. The van der Waals surface area contributed by atoms with Crippen LogP contribution in [0, 0.1) is 0 Å². The second kappa shape index (κ2) is 9.75. The van der Waals surface area contributed by atoms with E-state index in [2.05, 4.69) is 28.2 Å². The fourth-order valence-corrected chi connectivity index (χ4v) is 5.75. The summed E-state index contributed by atoms with van der Waals surface area (Å²) in [7, 11) is 0. The fourth-order valence-electron chi connectivity index (χ4n) is 5.75. The topological polar surface area (TPSA) is 65.0 Å². The van der Waals surface area contributed by atoms with Crippen LogP contribution in [0.3, 0.4) is 0 Å². The minimum absolute atomic E-state index is 0.0117. The minimum atomic E-state index is -0.481. The van der Waals surface area contributed by atoms with Crippen LogP contribution in [0.15, 0.2) is 148 Å². The molecule has 0 amide bonds. The van der Waals surface area contributed by atoms with E-state index in [1.807, 2.05) is 91.0 Å². The first-order valence-electron chi connectivity index (χ1n) is 16.6. The highest BCUT2D eigenvalue weighted by Crippen LogP contribution is 2.39. The van der Waals surface area contributed by atoms with Gasteiger partial charge in [0.25, 0.3) is 0 Å². The Bertz CT molecular complexity index is 2760. The zero-order valence-corrected chi connectivity index (χ0v) is 23.1. The third kappa shape index (κ3) is 3.98. The number of furan rings is 2. The molecule has 0 aliphatic rings. The van der Waals surface area contributed by atoms with Gasteiger partial charge in [-0.05, 0) is 42.0 Å². The standard InChI is InChI=1S/C39H23N3O2/c1-3-10-24(11-4-1)37-40-38(25-12-5-2-6-13-25)42-39(41-37)27-19-21-34-32(22-27)30-20-18-26(23-35(30)43-34)28-15-9-16-31-29-14-7-8-17-33(29)44-36(28)31/h1-23H/i1D,3D,4D,10D,11D. The van der Waals surface area contributed by atoms with Crippen LogP contribution < -0.4 is 0 Å². The van der Waals surface area contributed by atoms with Gasteiger partial charge in [0.2, 0.25) is 0 Å². The Balaban J connectivity index is 1.20. The van der Waals surface area contributed by atoms with Crippen LogP contribution in [0.1, 0.15) is 6.85 Å². The van der Waals surface area contributed by atoms with Crippen molar-refractivity contribution in [2.24, 2.45) is 0 Å². The molecule has 0 saturated carbocycles. The number of benzene rings is 6. The molecule has 6 aromatic carbocycles. The van der Waals surface area contributed by atoms with Gasteiger partial charge in [-0.15, -0.1) is 0 Å². The quantitative estimate of drug-likeness (QED) is 0.211. The van der Waals surface area contributed by atoms with Crippen LogP contribution in [-0.4, -0.2) is 15.0 Å². The van der Waals surface area contributed by atoms with Crippen molar-refractivity contribution in [3.63, 3.8) is 0 Å². The fraction of sp³-hybridized carbons (Fsp3) is 0. The summed E-state index contributed by atoms with van der Waals surface area (Å²) >= 11 is 0. The molecule has 0 unspecified atom stereocenters. The largest absolute Gasteiger partial charge is 0.456 e. The monoisotopic (exact) mass is 570 g/mol. The van der Waals surface area contributed by atoms with E-state index in [1.54, 1.807) is 0 Å². The summed E-state index contributed by atoms with van der Waals surface area (Å²) in [4.78, 5) is 14.0. The molecule has 0 fully saturated rings. The number of rotatable bonds is 4. The number of hydrogen-bond donors (Lipinski definition) is 0. The maximum atomic E-state index is 8.56. The van der Waals surface area contributed by atoms with Crippen LogP contribution >= 0.6 is 0 Å². The molecule has 44 heavy (non-hydrogen) atoms. The summed E-state index contributed by atoms with van der Waals surface area (Å²) in [5.41, 5.74) is 6.24. The number of fused-ring (bicyclic) bond motifs is 6. The Morgan fingerprint density at radius 3 is 1.98 bits per heavy atom. The van der Waals surface area contributed by atoms with Crippen molar-refractivity contribution in [1.82, 2.24) is 15.0 Å². The van der Waals surface area contributed by atoms with E-state index < -0.39 is 18.1 Å². The summed E-state index contributed by atoms with van der Waals surface area (Å²) in [5, 5.41) is 3.88. The summed E-state index contributed by atoms with van der Waals surface area (Å²) in [6.07, 6.45) is 0.